The largest absolute Gasteiger partial charge is 0.495 e. The molecule has 0 spiro atoms. The van der Waals surface area contributed by atoms with Crippen LogP contribution in [0.2, 0.25) is 0 Å². The number of rotatable bonds is 7. The zero-order valence-corrected chi connectivity index (χ0v) is 39.1. The first kappa shape index (κ1) is 42.1. The van der Waals surface area contributed by atoms with Gasteiger partial charge >= 0.3 is 7.12 Å². The van der Waals surface area contributed by atoms with Gasteiger partial charge in [-0.1, -0.05) is 144 Å². The molecule has 0 atom stereocenters. The summed E-state index contributed by atoms with van der Waals surface area (Å²) in [4.78, 5) is 0. The molecule has 1 aliphatic rings. The average molecular weight is 860 g/mol. The van der Waals surface area contributed by atoms with Gasteiger partial charge in [0.05, 0.1) is 33.3 Å². The van der Waals surface area contributed by atoms with Crippen LogP contribution in [-0.2, 0) is 9.31 Å². The van der Waals surface area contributed by atoms with Crippen molar-refractivity contribution in [3.63, 3.8) is 0 Å². The zero-order valence-electron chi connectivity index (χ0n) is 37.5. The molecule has 308 valence electrons. The molecule has 4 nitrogen and oxygen atoms in total. The van der Waals surface area contributed by atoms with Crippen molar-refractivity contribution in [3.8, 4) is 11.4 Å². The van der Waals surface area contributed by atoms with Crippen molar-refractivity contribution in [1.82, 2.24) is 9.13 Å². The van der Waals surface area contributed by atoms with E-state index >= 15 is 0 Å². The SMILES string of the molecule is CC(C)c1cc(-n2c3ccccc3c3ccccc32)cc(C(C)C)c1B1OC(C)(C)C(C)(C)O1.CC(C)c1cc(-n2c3ccccc3c3ccccc32)cc(C(C)C)c1Br. The summed E-state index contributed by atoms with van der Waals surface area (Å²) < 4.78 is 19.2. The molecule has 60 heavy (non-hydrogen) atoms. The Morgan fingerprint density at radius 3 is 0.983 bits per heavy atom. The van der Waals surface area contributed by atoms with Crippen LogP contribution in [-0.4, -0.2) is 27.5 Å². The van der Waals surface area contributed by atoms with Crippen molar-refractivity contribution < 1.29 is 9.31 Å². The van der Waals surface area contributed by atoms with Gasteiger partial charge in [-0.25, -0.2) is 0 Å². The summed E-state index contributed by atoms with van der Waals surface area (Å²) in [5.41, 5.74) is 13.2. The maximum absolute atomic E-state index is 6.57. The van der Waals surface area contributed by atoms with Gasteiger partial charge in [-0.15, -0.1) is 0 Å². The predicted molar refractivity (Wildman–Crippen MR) is 261 cm³/mol. The highest BCUT2D eigenvalue weighted by Crippen LogP contribution is 2.41. The van der Waals surface area contributed by atoms with Crippen LogP contribution in [0.5, 0.6) is 0 Å². The molecule has 0 bridgehead atoms. The Kier molecular flexibility index (Phi) is 11.2. The molecule has 8 aromatic rings. The number of hydrogen-bond donors (Lipinski definition) is 0. The fraction of sp³-hybridized carbons (Fsp3) is 0.333. The Labute approximate surface area is 366 Å². The van der Waals surface area contributed by atoms with E-state index in [0.717, 1.165) is 0 Å². The number of fused-ring (bicyclic) bond motifs is 6. The molecule has 1 saturated heterocycles. The number of para-hydroxylation sites is 4. The first-order valence-electron chi connectivity index (χ1n) is 21.8. The third-order valence-electron chi connectivity index (χ3n) is 13.0. The molecule has 3 heterocycles. The molecule has 0 unspecified atom stereocenters. The maximum Gasteiger partial charge on any atom is 0.495 e. The van der Waals surface area contributed by atoms with Crippen molar-refractivity contribution in [2.75, 3.05) is 0 Å². The second kappa shape index (κ2) is 16.0. The topological polar surface area (TPSA) is 28.3 Å². The van der Waals surface area contributed by atoms with Crippen LogP contribution < -0.4 is 5.46 Å². The minimum Gasteiger partial charge on any atom is -0.399 e. The zero-order chi connectivity index (χ0) is 42.8. The minimum absolute atomic E-state index is 0.333. The molecule has 0 aliphatic carbocycles. The second-order valence-electron chi connectivity index (χ2n) is 18.9. The van der Waals surface area contributed by atoms with Gasteiger partial charge in [0.1, 0.15) is 0 Å². The first-order valence-corrected chi connectivity index (χ1v) is 22.6. The number of halogens is 1. The lowest BCUT2D eigenvalue weighted by molar-refractivity contribution is 0.00578. The molecule has 1 fully saturated rings. The molecule has 1 aliphatic heterocycles. The lowest BCUT2D eigenvalue weighted by Gasteiger charge is -2.32. The summed E-state index contributed by atoms with van der Waals surface area (Å²) in [7, 11) is -0.369. The summed E-state index contributed by atoms with van der Waals surface area (Å²) in [6, 6.07) is 44.2. The normalized spacial score (nSPS) is 15.1. The fourth-order valence-corrected chi connectivity index (χ4v) is 10.2. The molecule has 0 radical (unpaired) electrons. The van der Waals surface area contributed by atoms with Gasteiger partial charge < -0.3 is 18.4 Å². The van der Waals surface area contributed by atoms with Crippen LogP contribution in [0.15, 0.2) is 126 Å². The van der Waals surface area contributed by atoms with Gasteiger partial charge in [0, 0.05) is 37.4 Å². The van der Waals surface area contributed by atoms with Gasteiger partial charge in [-0.3, -0.25) is 0 Å². The van der Waals surface area contributed by atoms with Crippen molar-refractivity contribution >= 4 is 72.1 Å². The van der Waals surface area contributed by atoms with E-state index in [1.54, 1.807) is 0 Å². The third-order valence-corrected chi connectivity index (χ3v) is 13.9. The van der Waals surface area contributed by atoms with Crippen LogP contribution in [0, 0.1) is 0 Å². The van der Waals surface area contributed by atoms with E-state index in [1.807, 2.05) is 0 Å². The van der Waals surface area contributed by atoms with Crippen molar-refractivity contribution in [2.24, 2.45) is 0 Å². The Morgan fingerprint density at radius 1 is 0.433 bits per heavy atom. The highest BCUT2D eigenvalue weighted by atomic mass is 79.9. The maximum atomic E-state index is 6.57. The lowest BCUT2D eigenvalue weighted by atomic mass is 9.68. The van der Waals surface area contributed by atoms with Crippen LogP contribution in [0.3, 0.4) is 0 Å². The monoisotopic (exact) mass is 858 g/mol. The van der Waals surface area contributed by atoms with E-state index in [-0.39, 0.29) is 18.3 Å². The van der Waals surface area contributed by atoms with Crippen LogP contribution in [0.1, 0.15) is 129 Å². The summed E-state index contributed by atoms with van der Waals surface area (Å²) in [5, 5.41) is 5.18. The van der Waals surface area contributed by atoms with E-state index in [2.05, 4.69) is 229 Å². The minimum atomic E-state index is -0.369. The van der Waals surface area contributed by atoms with Gasteiger partial charge in [0.25, 0.3) is 0 Å². The number of nitrogens with zero attached hydrogens (tertiary/aromatic N) is 2. The summed E-state index contributed by atoms with van der Waals surface area (Å²) in [6.07, 6.45) is 0. The molecule has 0 N–H and O–H groups in total. The van der Waals surface area contributed by atoms with E-state index < -0.39 is 0 Å². The standard InChI is InChI=1S/C30H36BNO2.C24H24BrN/c1-19(2)24-17-21(32-26-15-11-9-13-22(26)23-14-10-12-16-27(23)32)18-25(20(3)4)28(24)31-33-29(5,6)30(7,8)34-31;1-15(2)20-13-17(14-21(16(3)4)24(20)25)26-22-11-7-5-9-18(22)19-10-6-8-12-23(19)26/h9-20H,1-8H3;5-16H,1-4H3. The first-order chi connectivity index (χ1) is 28.5. The second-order valence-corrected chi connectivity index (χ2v) is 19.7. The van der Waals surface area contributed by atoms with Crippen molar-refractivity contribution in [2.45, 2.75) is 118 Å². The number of aromatic nitrogens is 2. The molecule has 0 amide bonds. The van der Waals surface area contributed by atoms with E-state index in [9.17, 15) is 0 Å². The third kappa shape index (κ3) is 7.23. The molecule has 0 saturated carbocycles. The Hall–Kier alpha value is -4.62. The molecule has 2 aromatic heterocycles. The van der Waals surface area contributed by atoms with Crippen LogP contribution >= 0.6 is 15.9 Å². The highest BCUT2D eigenvalue weighted by molar-refractivity contribution is 9.10. The van der Waals surface area contributed by atoms with Crippen molar-refractivity contribution in [1.29, 1.82) is 0 Å². The van der Waals surface area contributed by atoms with Gasteiger partial charge in [0.15, 0.2) is 0 Å². The quantitative estimate of drug-likeness (QED) is 0.149. The number of hydrogen-bond acceptors (Lipinski definition) is 2. The van der Waals surface area contributed by atoms with Crippen molar-refractivity contribution in [3.05, 3.63) is 148 Å². The van der Waals surface area contributed by atoms with E-state index in [4.69, 9.17) is 9.31 Å². The summed E-state index contributed by atoms with van der Waals surface area (Å²) >= 11 is 3.87. The average Bonchev–Trinajstić information content (AvgIpc) is 3.80. The van der Waals surface area contributed by atoms with Crippen LogP contribution in [0.4, 0.5) is 0 Å². The Bertz CT molecular complexity index is 2690. The summed E-state index contributed by atoms with van der Waals surface area (Å²) in [6.45, 7) is 26.6. The van der Waals surface area contributed by atoms with Crippen LogP contribution in [0.25, 0.3) is 55.0 Å². The smallest absolute Gasteiger partial charge is 0.399 e. The number of benzene rings is 6. The molecular weight excluding hydrogens is 799 g/mol. The predicted octanol–water partition coefficient (Wildman–Crippen LogP) is 15.1. The van der Waals surface area contributed by atoms with Gasteiger partial charge in [-0.2, -0.15) is 0 Å². The fourth-order valence-electron chi connectivity index (χ4n) is 9.02. The van der Waals surface area contributed by atoms with E-state index in [1.165, 1.54) is 87.2 Å². The Morgan fingerprint density at radius 2 is 0.700 bits per heavy atom. The summed E-state index contributed by atoms with van der Waals surface area (Å²) in [5.74, 6) is 1.60. The van der Waals surface area contributed by atoms with Gasteiger partial charge in [-0.05, 0) is 128 Å². The van der Waals surface area contributed by atoms with Gasteiger partial charge in [0.2, 0.25) is 0 Å². The molecular formula is C54H60BBrN2O2. The highest BCUT2D eigenvalue weighted by Gasteiger charge is 2.53. The molecule has 9 rings (SSSR count). The Balaban J connectivity index is 0.000000172. The van der Waals surface area contributed by atoms with E-state index in [0.29, 0.717) is 23.7 Å². The lowest BCUT2D eigenvalue weighted by Crippen LogP contribution is -2.41. The molecule has 6 aromatic carbocycles. The molecule has 6 heteroatoms.